The van der Waals surface area contributed by atoms with Crippen molar-refractivity contribution in [2.24, 2.45) is 5.92 Å². The van der Waals surface area contributed by atoms with Gasteiger partial charge in [0.25, 0.3) is 5.91 Å². The third-order valence-corrected chi connectivity index (χ3v) is 4.50. The van der Waals surface area contributed by atoms with Crippen LogP contribution in [0.15, 0.2) is 6.20 Å². The van der Waals surface area contributed by atoms with Crippen LogP contribution in [0.4, 0.5) is 0 Å². The maximum atomic E-state index is 12.5. The molecule has 6 heteroatoms. The molecule has 0 spiro atoms. The molecule has 2 atom stereocenters. The van der Waals surface area contributed by atoms with E-state index >= 15 is 0 Å². The second kappa shape index (κ2) is 4.92. The summed E-state index contributed by atoms with van der Waals surface area (Å²) in [5, 5.41) is 11.3. The summed E-state index contributed by atoms with van der Waals surface area (Å²) in [6.07, 6.45) is 4.07. The van der Waals surface area contributed by atoms with Crippen LogP contribution < -0.4 is 5.32 Å². The zero-order valence-corrected chi connectivity index (χ0v) is 11.5. The number of hydrogen-bond donors (Lipinski definition) is 1. The Hall–Kier alpha value is -1.43. The van der Waals surface area contributed by atoms with E-state index in [0.717, 1.165) is 26.1 Å². The van der Waals surface area contributed by atoms with Crippen LogP contribution in [0.1, 0.15) is 43.2 Å². The third-order valence-electron chi connectivity index (χ3n) is 4.50. The smallest absolute Gasteiger partial charge is 0.276 e. The van der Waals surface area contributed by atoms with Crippen molar-refractivity contribution >= 4 is 5.91 Å². The highest BCUT2D eigenvalue weighted by atomic mass is 16.2. The average Bonchev–Trinajstić information content (AvgIpc) is 2.79. The topological polar surface area (TPSA) is 63.1 Å². The monoisotopic (exact) mass is 263 g/mol. The lowest BCUT2D eigenvalue weighted by Crippen LogP contribution is -2.46. The number of likely N-dealkylation sites (tertiary alicyclic amines) is 1. The highest BCUT2D eigenvalue weighted by Crippen LogP contribution is 2.24. The van der Waals surface area contributed by atoms with Crippen molar-refractivity contribution in [1.29, 1.82) is 0 Å². The molecule has 2 saturated heterocycles. The van der Waals surface area contributed by atoms with Crippen molar-refractivity contribution in [3.05, 3.63) is 11.9 Å². The van der Waals surface area contributed by atoms with Gasteiger partial charge in [0.1, 0.15) is 0 Å². The highest BCUT2D eigenvalue weighted by Gasteiger charge is 2.31. The molecule has 2 aliphatic heterocycles. The van der Waals surface area contributed by atoms with E-state index in [1.54, 1.807) is 6.20 Å². The fraction of sp³-hybridized carbons (Fsp3) is 0.769. The zero-order chi connectivity index (χ0) is 13.4. The summed E-state index contributed by atoms with van der Waals surface area (Å²) < 4.78 is 1.81. The molecule has 0 aromatic carbocycles. The molecule has 1 aromatic rings. The molecule has 0 saturated carbocycles. The number of amides is 1. The van der Waals surface area contributed by atoms with E-state index in [2.05, 4.69) is 29.5 Å². The van der Waals surface area contributed by atoms with Gasteiger partial charge in [-0.25, -0.2) is 4.68 Å². The molecule has 2 unspecified atom stereocenters. The number of nitrogens with one attached hydrogen (secondary N) is 1. The number of hydrogen-bond acceptors (Lipinski definition) is 4. The lowest BCUT2D eigenvalue weighted by Gasteiger charge is -2.37. The molecule has 0 radical (unpaired) electrons. The summed E-state index contributed by atoms with van der Waals surface area (Å²) >= 11 is 0. The quantitative estimate of drug-likeness (QED) is 0.852. The van der Waals surface area contributed by atoms with Crippen LogP contribution in [0.3, 0.4) is 0 Å². The summed E-state index contributed by atoms with van der Waals surface area (Å²) in [5.41, 5.74) is 0.479. The molecular formula is C13H21N5O. The standard InChI is InChI=1S/C13H21N5O/c1-9-4-3-5-17(10(9)2)13(19)12-8-18(16-15-12)11-6-14-7-11/h8-11,14H,3-7H2,1-2H3. The first-order chi connectivity index (χ1) is 9.16. The summed E-state index contributed by atoms with van der Waals surface area (Å²) in [4.78, 5) is 14.4. The second-order valence-corrected chi connectivity index (χ2v) is 5.75. The molecule has 1 amide bonds. The molecule has 104 valence electrons. The van der Waals surface area contributed by atoms with Crippen molar-refractivity contribution in [3.8, 4) is 0 Å². The van der Waals surface area contributed by atoms with Crippen LogP contribution in [0.25, 0.3) is 0 Å². The SMILES string of the molecule is CC1CCCN(C(=O)c2cn(C3CNC3)nn2)C1C. The number of nitrogens with zero attached hydrogens (tertiary/aromatic N) is 4. The first-order valence-electron chi connectivity index (χ1n) is 7.10. The third kappa shape index (κ3) is 2.25. The molecule has 1 N–H and O–H groups in total. The van der Waals surface area contributed by atoms with Crippen molar-refractivity contribution in [1.82, 2.24) is 25.2 Å². The molecular weight excluding hydrogens is 242 g/mol. The van der Waals surface area contributed by atoms with Gasteiger partial charge in [-0.15, -0.1) is 5.10 Å². The number of carbonyl (C=O) groups is 1. The van der Waals surface area contributed by atoms with Crippen LogP contribution in [0.5, 0.6) is 0 Å². The minimum atomic E-state index is 0.0255. The van der Waals surface area contributed by atoms with Crippen molar-refractivity contribution < 1.29 is 4.79 Å². The van der Waals surface area contributed by atoms with E-state index in [9.17, 15) is 4.79 Å². The molecule has 2 aliphatic rings. The molecule has 3 rings (SSSR count). The van der Waals surface area contributed by atoms with E-state index in [1.165, 1.54) is 6.42 Å². The van der Waals surface area contributed by atoms with Gasteiger partial charge in [0.05, 0.1) is 12.2 Å². The van der Waals surface area contributed by atoms with Gasteiger partial charge in [-0.3, -0.25) is 4.79 Å². The lowest BCUT2D eigenvalue weighted by molar-refractivity contribution is 0.0545. The van der Waals surface area contributed by atoms with E-state index in [0.29, 0.717) is 17.7 Å². The van der Waals surface area contributed by atoms with Gasteiger partial charge >= 0.3 is 0 Å². The Morgan fingerprint density at radius 1 is 1.42 bits per heavy atom. The Labute approximate surface area is 113 Å². The van der Waals surface area contributed by atoms with Crippen LogP contribution in [0, 0.1) is 5.92 Å². The second-order valence-electron chi connectivity index (χ2n) is 5.75. The van der Waals surface area contributed by atoms with Gasteiger partial charge in [-0.2, -0.15) is 0 Å². The number of aromatic nitrogens is 3. The Balaban J connectivity index is 1.73. The normalized spacial score (nSPS) is 28.2. The average molecular weight is 263 g/mol. The van der Waals surface area contributed by atoms with Gasteiger partial charge in [-0.05, 0) is 25.7 Å². The summed E-state index contributed by atoms with van der Waals surface area (Å²) in [6, 6.07) is 0.642. The first kappa shape index (κ1) is 12.6. The van der Waals surface area contributed by atoms with E-state index < -0.39 is 0 Å². The Kier molecular flexibility index (Phi) is 3.26. The molecule has 1 aromatic heterocycles. The summed E-state index contributed by atoms with van der Waals surface area (Å²) in [7, 11) is 0. The Morgan fingerprint density at radius 3 is 2.89 bits per heavy atom. The predicted molar refractivity (Wildman–Crippen MR) is 70.8 cm³/mol. The summed E-state index contributed by atoms with van der Waals surface area (Å²) in [6.45, 7) is 6.99. The molecule has 3 heterocycles. The van der Waals surface area contributed by atoms with E-state index in [1.807, 2.05) is 9.58 Å². The van der Waals surface area contributed by atoms with Gasteiger partial charge < -0.3 is 10.2 Å². The van der Waals surface area contributed by atoms with E-state index in [4.69, 9.17) is 0 Å². The fourth-order valence-electron chi connectivity index (χ4n) is 2.78. The maximum Gasteiger partial charge on any atom is 0.276 e. The van der Waals surface area contributed by atoms with E-state index in [-0.39, 0.29) is 11.9 Å². The number of carbonyl (C=O) groups excluding carboxylic acids is 1. The van der Waals surface area contributed by atoms with Crippen LogP contribution in [-0.2, 0) is 0 Å². The molecule has 0 aliphatic carbocycles. The number of rotatable bonds is 2. The van der Waals surface area contributed by atoms with Gasteiger partial charge in [0, 0.05) is 25.7 Å². The fourth-order valence-corrected chi connectivity index (χ4v) is 2.78. The zero-order valence-electron chi connectivity index (χ0n) is 11.5. The van der Waals surface area contributed by atoms with Crippen LogP contribution in [-0.4, -0.2) is 51.5 Å². The highest BCUT2D eigenvalue weighted by molar-refractivity contribution is 5.92. The maximum absolute atomic E-state index is 12.5. The lowest BCUT2D eigenvalue weighted by atomic mass is 9.92. The molecule has 6 nitrogen and oxygen atoms in total. The molecule has 19 heavy (non-hydrogen) atoms. The molecule has 2 fully saturated rings. The number of piperidine rings is 1. The minimum Gasteiger partial charge on any atom is -0.334 e. The molecule has 0 bridgehead atoms. The largest absolute Gasteiger partial charge is 0.334 e. The Morgan fingerprint density at radius 2 is 2.21 bits per heavy atom. The van der Waals surface area contributed by atoms with Gasteiger partial charge in [-0.1, -0.05) is 12.1 Å². The van der Waals surface area contributed by atoms with Crippen LogP contribution in [0.2, 0.25) is 0 Å². The first-order valence-corrected chi connectivity index (χ1v) is 7.10. The minimum absolute atomic E-state index is 0.0255. The Bertz CT molecular complexity index is 467. The van der Waals surface area contributed by atoms with Gasteiger partial charge in [0.2, 0.25) is 0 Å². The van der Waals surface area contributed by atoms with Crippen molar-refractivity contribution in [2.75, 3.05) is 19.6 Å². The van der Waals surface area contributed by atoms with Crippen molar-refractivity contribution in [2.45, 2.75) is 38.8 Å². The van der Waals surface area contributed by atoms with Crippen LogP contribution >= 0.6 is 0 Å². The van der Waals surface area contributed by atoms with Crippen molar-refractivity contribution in [3.63, 3.8) is 0 Å². The van der Waals surface area contributed by atoms with Gasteiger partial charge in [0.15, 0.2) is 5.69 Å². The predicted octanol–water partition coefficient (Wildman–Crippen LogP) is 0.683. The summed E-state index contributed by atoms with van der Waals surface area (Å²) in [5.74, 6) is 0.584.